The summed E-state index contributed by atoms with van der Waals surface area (Å²) in [6, 6.07) is 0. The zero-order valence-electron chi connectivity index (χ0n) is 22.0. The van der Waals surface area contributed by atoms with Crippen molar-refractivity contribution in [1.82, 2.24) is 0 Å². The van der Waals surface area contributed by atoms with Crippen LogP contribution in [0.1, 0.15) is 79.6 Å². The smallest absolute Gasteiger partial charge is 0.303 e. The van der Waals surface area contributed by atoms with Crippen LogP contribution in [0.4, 0.5) is 0 Å². The molecule has 1 spiro atoms. The van der Waals surface area contributed by atoms with Gasteiger partial charge in [0.05, 0.1) is 6.61 Å². The molecule has 8 nitrogen and oxygen atoms in total. The van der Waals surface area contributed by atoms with Gasteiger partial charge in [-0.2, -0.15) is 0 Å². The maximum absolute atomic E-state index is 13.8. The van der Waals surface area contributed by atoms with Crippen molar-refractivity contribution in [3.63, 3.8) is 0 Å². The summed E-state index contributed by atoms with van der Waals surface area (Å²) in [4.78, 5) is 49.2. The molecule has 9 atom stereocenters. The van der Waals surface area contributed by atoms with Crippen molar-refractivity contribution in [3.05, 3.63) is 11.6 Å². The van der Waals surface area contributed by atoms with Gasteiger partial charge in [-0.15, -0.1) is 0 Å². The third kappa shape index (κ3) is 3.57. The quantitative estimate of drug-likeness (QED) is 0.327. The van der Waals surface area contributed by atoms with E-state index in [0.717, 1.165) is 38.5 Å². The molecule has 0 radical (unpaired) electrons. The minimum atomic E-state index is -1.30. The van der Waals surface area contributed by atoms with Crippen LogP contribution in [-0.4, -0.2) is 54.2 Å². The third-order valence-electron chi connectivity index (χ3n) is 10.3. The van der Waals surface area contributed by atoms with Gasteiger partial charge in [0, 0.05) is 32.6 Å². The van der Waals surface area contributed by atoms with Crippen LogP contribution in [0.5, 0.6) is 0 Å². The van der Waals surface area contributed by atoms with Gasteiger partial charge in [0.1, 0.15) is 12.2 Å². The van der Waals surface area contributed by atoms with Gasteiger partial charge in [0.2, 0.25) is 5.78 Å². The Bertz CT molecular complexity index is 1020. The molecule has 5 rings (SSSR count). The molecule has 1 saturated heterocycles. The fraction of sp³-hybridized carbons (Fsp3) is 0.786. The molecular weight excluding hydrogens is 464 g/mol. The Balaban J connectivity index is 1.48. The Morgan fingerprint density at radius 3 is 2.31 bits per heavy atom. The lowest BCUT2D eigenvalue weighted by molar-refractivity contribution is -0.185. The number of hydrogen-bond acceptors (Lipinski definition) is 8. The van der Waals surface area contributed by atoms with Gasteiger partial charge in [0.15, 0.2) is 11.7 Å². The summed E-state index contributed by atoms with van der Waals surface area (Å²) in [6.07, 6.45) is 6.36. The summed E-state index contributed by atoms with van der Waals surface area (Å²) < 4.78 is 23.0. The van der Waals surface area contributed by atoms with Crippen molar-refractivity contribution < 1.29 is 38.1 Å². The highest BCUT2D eigenvalue weighted by Gasteiger charge is 2.75. The predicted octanol–water partition coefficient (Wildman–Crippen LogP) is 3.69. The SMILES string of the molecule is CC(=O)OC1CO[C@]2(C1=O)C(OC(C)=O)CC1C3CC=C4C[C@@H](OC(C)=O)CC[C@]4(C)C3CC[C@@]12C. The second-order valence-electron chi connectivity index (χ2n) is 12.0. The summed E-state index contributed by atoms with van der Waals surface area (Å²) in [7, 11) is 0. The predicted molar refractivity (Wildman–Crippen MR) is 127 cm³/mol. The van der Waals surface area contributed by atoms with Gasteiger partial charge in [-0.1, -0.05) is 25.5 Å². The zero-order chi connectivity index (χ0) is 26.0. The number of esters is 3. The Labute approximate surface area is 212 Å². The minimum Gasteiger partial charge on any atom is -0.462 e. The Hall–Kier alpha value is -2.22. The zero-order valence-corrected chi connectivity index (χ0v) is 22.0. The normalized spacial score (nSPS) is 45.2. The summed E-state index contributed by atoms with van der Waals surface area (Å²) >= 11 is 0. The van der Waals surface area contributed by atoms with Gasteiger partial charge < -0.3 is 18.9 Å². The standard InChI is InChI=1S/C28H38O8/c1-15(29)34-19-8-10-26(4)18(12-19)6-7-20-21(26)9-11-27(5)22(20)13-24(36-17(3)31)28(27)25(32)23(14-33-28)35-16(2)30/h6,19-24H,7-14H2,1-5H3/t19-,20?,21?,22?,23?,24?,26-,27-,28-/m0/s1. The highest BCUT2D eigenvalue weighted by atomic mass is 16.6. The second-order valence-corrected chi connectivity index (χ2v) is 12.0. The van der Waals surface area contributed by atoms with Gasteiger partial charge in [-0.25, -0.2) is 0 Å². The van der Waals surface area contributed by atoms with E-state index in [4.69, 9.17) is 18.9 Å². The first kappa shape index (κ1) is 25.4. The topological polar surface area (TPSA) is 105 Å². The number of carbonyl (C=O) groups is 4. The third-order valence-corrected chi connectivity index (χ3v) is 10.3. The molecule has 36 heavy (non-hydrogen) atoms. The minimum absolute atomic E-state index is 0.00805. The second kappa shape index (κ2) is 8.67. The molecule has 0 aromatic carbocycles. The maximum atomic E-state index is 13.8. The molecule has 8 heteroatoms. The first-order valence-corrected chi connectivity index (χ1v) is 13.3. The van der Waals surface area contributed by atoms with Crippen LogP contribution < -0.4 is 0 Å². The summed E-state index contributed by atoms with van der Waals surface area (Å²) in [5, 5.41) is 0. The molecule has 4 aliphatic carbocycles. The molecule has 4 fully saturated rings. The number of ketones is 1. The summed E-state index contributed by atoms with van der Waals surface area (Å²) in [5.41, 5.74) is -0.422. The first-order chi connectivity index (χ1) is 16.9. The van der Waals surface area contributed by atoms with Crippen molar-refractivity contribution in [2.45, 2.75) is 103 Å². The number of ether oxygens (including phenoxy) is 4. The van der Waals surface area contributed by atoms with Crippen LogP contribution in [0, 0.1) is 28.6 Å². The van der Waals surface area contributed by atoms with Crippen LogP contribution in [-0.2, 0) is 38.1 Å². The van der Waals surface area contributed by atoms with E-state index >= 15 is 0 Å². The van der Waals surface area contributed by atoms with E-state index < -0.39 is 35.2 Å². The van der Waals surface area contributed by atoms with Gasteiger partial charge in [-0.05, 0) is 61.7 Å². The molecule has 0 aromatic heterocycles. The highest BCUT2D eigenvalue weighted by Crippen LogP contribution is 2.69. The van der Waals surface area contributed by atoms with Crippen molar-refractivity contribution >= 4 is 23.7 Å². The average molecular weight is 503 g/mol. The Morgan fingerprint density at radius 2 is 1.64 bits per heavy atom. The fourth-order valence-corrected chi connectivity index (χ4v) is 8.85. The molecule has 5 aliphatic rings. The molecule has 3 saturated carbocycles. The van der Waals surface area contributed by atoms with E-state index in [2.05, 4.69) is 19.9 Å². The average Bonchev–Trinajstić information content (AvgIpc) is 3.23. The van der Waals surface area contributed by atoms with Crippen molar-refractivity contribution in [1.29, 1.82) is 0 Å². The van der Waals surface area contributed by atoms with Crippen molar-refractivity contribution in [2.24, 2.45) is 28.6 Å². The largest absolute Gasteiger partial charge is 0.462 e. The van der Waals surface area contributed by atoms with Crippen LogP contribution in [0.15, 0.2) is 11.6 Å². The Morgan fingerprint density at radius 1 is 0.944 bits per heavy atom. The molecule has 0 bridgehead atoms. The van der Waals surface area contributed by atoms with E-state index in [1.807, 2.05) is 0 Å². The lowest BCUT2D eigenvalue weighted by atomic mass is 9.46. The van der Waals surface area contributed by atoms with E-state index in [-0.39, 0.29) is 35.8 Å². The highest BCUT2D eigenvalue weighted by molar-refractivity contribution is 5.96. The van der Waals surface area contributed by atoms with Crippen molar-refractivity contribution in [2.75, 3.05) is 6.61 Å². The first-order valence-electron chi connectivity index (χ1n) is 13.3. The van der Waals surface area contributed by atoms with Gasteiger partial charge >= 0.3 is 17.9 Å². The molecule has 198 valence electrons. The van der Waals surface area contributed by atoms with Crippen LogP contribution in [0.25, 0.3) is 0 Å². The molecular formula is C28H38O8. The monoisotopic (exact) mass is 502 g/mol. The number of rotatable bonds is 3. The van der Waals surface area contributed by atoms with E-state index in [1.54, 1.807) is 0 Å². The van der Waals surface area contributed by atoms with Gasteiger partial charge in [-0.3, -0.25) is 19.2 Å². The van der Waals surface area contributed by atoms with Crippen LogP contribution in [0.2, 0.25) is 0 Å². The lowest BCUT2D eigenvalue weighted by Gasteiger charge is -2.58. The number of allylic oxidation sites excluding steroid dienone is 1. The maximum Gasteiger partial charge on any atom is 0.303 e. The Kier molecular flexibility index (Phi) is 6.13. The number of Topliss-reactive ketones (excluding diaryl/α,β-unsaturated/α-hetero) is 1. The van der Waals surface area contributed by atoms with Crippen LogP contribution in [0.3, 0.4) is 0 Å². The van der Waals surface area contributed by atoms with Crippen molar-refractivity contribution in [3.8, 4) is 0 Å². The molecule has 1 heterocycles. The summed E-state index contributed by atoms with van der Waals surface area (Å²) in [6.45, 7) is 8.58. The van der Waals surface area contributed by atoms with E-state index in [0.29, 0.717) is 18.3 Å². The van der Waals surface area contributed by atoms with E-state index in [1.165, 1.54) is 26.3 Å². The fourth-order valence-electron chi connectivity index (χ4n) is 8.85. The van der Waals surface area contributed by atoms with Gasteiger partial charge in [0.25, 0.3) is 0 Å². The molecule has 1 aliphatic heterocycles. The summed E-state index contributed by atoms with van der Waals surface area (Å²) in [5.74, 6) is -0.579. The molecule has 0 N–H and O–H groups in total. The number of fused-ring (bicyclic) bond motifs is 6. The van der Waals surface area contributed by atoms with Crippen LogP contribution >= 0.6 is 0 Å². The molecule has 5 unspecified atom stereocenters. The van der Waals surface area contributed by atoms with E-state index in [9.17, 15) is 19.2 Å². The number of hydrogen-bond donors (Lipinski definition) is 0. The number of carbonyl (C=O) groups excluding carboxylic acids is 4. The lowest BCUT2D eigenvalue weighted by Crippen LogP contribution is -2.60. The molecule has 0 aromatic rings. The molecule has 0 amide bonds.